The van der Waals surface area contributed by atoms with Gasteiger partial charge in [0.15, 0.2) is 5.69 Å². The molecule has 1 aromatic carbocycles. The van der Waals surface area contributed by atoms with Crippen molar-refractivity contribution in [3.63, 3.8) is 0 Å². The van der Waals surface area contributed by atoms with Gasteiger partial charge in [0.1, 0.15) is 0 Å². The third-order valence-electron chi connectivity index (χ3n) is 2.00. The van der Waals surface area contributed by atoms with Crippen LogP contribution in [0.25, 0.3) is 10.9 Å². The Balaban J connectivity index is -0.000000640. The maximum absolute atomic E-state index is 11.0. The zero-order chi connectivity index (χ0) is 11.0. The first kappa shape index (κ1) is 23.8. The zero-order valence-corrected chi connectivity index (χ0v) is 14.3. The molecule has 1 aromatic heterocycles. The van der Waals surface area contributed by atoms with E-state index in [4.69, 9.17) is 11.5 Å². The van der Waals surface area contributed by atoms with Crippen LogP contribution in [0, 0.1) is 0 Å². The summed E-state index contributed by atoms with van der Waals surface area (Å²) in [7, 11) is 0. The first-order valence-electron chi connectivity index (χ1n) is 4.11. The van der Waals surface area contributed by atoms with Gasteiger partial charge in [-0.2, -0.15) is 0 Å². The SMILES string of the molecule is NC(=O)c1nnc2cc(Br)ccc2c1N.[Al+3].[Cl-].[Cl-].[Cl-]. The zero-order valence-electron chi connectivity index (χ0n) is 9.28. The largest absolute Gasteiger partial charge is 3.00 e. The molecule has 100 valence electrons. The normalized spacial score (nSPS) is 8.26. The van der Waals surface area contributed by atoms with Gasteiger partial charge in [0.2, 0.25) is 0 Å². The summed E-state index contributed by atoms with van der Waals surface area (Å²) in [6.07, 6.45) is 0. The van der Waals surface area contributed by atoms with Gasteiger partial charge >= 0.3 is 17.4 Å². The van der Waals surface area contributed by atoms with E-state index in [1.807, 2.05) is 6.07 Å². The van der Waals surface area contributed by atoms with Gasteiger partial charge in [0, 0.05) is 9.86 Å². The van der Waals surface area contributed by atoms with Crippen LogP contribution in [0.5, 0.6) is 0 Å². The minimum atomic E-state index is -0.676. The van der Waals surface area contributed by atoms with E-state index < -0.39 is 5.91 Å². The summed E-state index contributed by atoms with van der Waals surface area (Å²) in [6.45, 7) is 0. The number of aromatic nitrogens is 2. The molecular formula is C9H7AlBrCl3N4O. The summed E-state index contributed by atoms with van der Waals surface area (Å²) < 4.78 is 0.871. The summed E-state index contributed by atoms with van der Waals surface area (Å²) in [6, 6.07) is 5.34. The van der Waals surface area contributed by atoms with Gasteiger partial charge in [-0.3, -0.25) is 4.79 Å². The number of hydrogen-bond acceptors (Lipinski definition) is 4. The molecule has 4 N–H and O–H groups in total. The second-order valence-electron chi connectivity index (χ2n) is 2.99. The molecule has 0 aliphatic heterocycles. The topological polar surface area (TPSA) is 94.9 Å². The minimum Gasteiger partial charge on any atom is -1.00 e. The Morgan fingerprint density at radius 1 is 1.16 bits per heavy atom. The molecule has 2 rings (SSSR count). The van der Waals surface area contributed by atoms with Gasteiger partial charge in [-0.05, 0) is 18.2 Å². The molecule has 0 fully saturated rings. The number of benzene rings is 1. The molecule has 0 unspecified atom stereocenters. The van der Waals surface area contributed by atoms with E-state index in [9.17, 15) is 4.79 Å². The molecule has 0 bridgehead atoms. The van der Waals surface area contributed by atoms with Crippen molar-refractivity contribution in [2.75, 3.05) is 5.73 Å². The minimum absolute atomic E-state index is 0. The number of primary amides is 1. The molecular weight excluding hydrogens is 393 g/mol. The molecule has 0 saturated heterocycles. The van der Waals surface area contributed by atoms with Crippen LogP contribution < -0.4 is 48.7 Å². The Morgan fingerprint density at radius 3 is 2.26 bits per heavy atom. The van der Waals surface area contributed by atoms with Gasteiger partial charge in [-0.25, -0.2) is 0 Å². The maximum atomic E-state index is 11.0. The van der Waals surface area contributed by atoms with Crippen molar-refractivity contribution < 1.29 is 42.0 Å². The van der Waals surface area contributed by atoms with Gasteiger partial charge in [-0.15, -0.1) is 10.2 Å². The van der Waals surface area contributed by atoms with Crippen molar-refractivity contribution in [1.29, 1.82) is 0 Å². The smallest absolute Gasteiger partial charge is 1.00 e. The molecule has 19 heavy (non-hydrogen) atoms. The predicted molar refractivity (Wildman–Crippen MR) is 65.9 cm³/mol. The molecule has 0 radical (unpaired) electrons. The van der Waals surface area contributed by atoms with E-state index in [2.05, 4.69) is 26.1 Å². The molecule has 0 spiro atoms. The first-order chi connectivity index (χ1) is 7.09. The van der Waals surface area contributed by atoms with Crippen molar-refractivity contribution in [2.45, 2.75) is 0 Å². The molecule has 0 aliphatic carbocycles. The fourth-order valence-electron chi connectivity index (χ4n) is 1.28. The number of carbonyl (C=O) groups excluding carboxylic acids is 1. The molecule has 1 heterocycles. The molecule has 0 aliphatic rings. The van der Waals surface area contributed by atoms with Crippen LogP contribution in [0.1, 0.15) is 10.5 Å². The third-order valence-corrected chi connectivity index (χ3v) is 2.49. The van der Waals surface area contributed by atoms with Crippen molar-refractivity contribution >= 4 is 55.8 Å². The van der Waals surface area contributed by atoms with Crippen LogP contribution in [-0.4, -0.2) is 33.5 Å². The average molecular weight is 400 g/mol. The van der Waals surface area contributed by atoms with E-state index in [0.29, 0.717) is 10.9 Å². The summed E-state index contributed by atoms with van der Waals surface area (Å²) in [5, 5.41) is 8.21. The van der Waals surface area contributed by atoms with Crippen LogP contribution in [0.15, 0.2) is 22.7 Å². The summed E-state index contributed by atoms with van der Waals surface area (Å²) >= 11 is 3.30. The van der Waals surface area contributed by atoms with Gasteiger partial charge in [-0.1, -0.05) is 15.9 Å². The van der Waals surface area contributed by atoms with Crippen LogP contribution in [0.4, 0.5) is 5.69 Å². The van der Waals surface area contributed by atoms with Gasteiger partial charge in [0.25, 0.3) is 5.91 Å². The van der Waals surface area contributed by atoms with Gasteiger partial charge < -0.3 is 48.7 Å². The van der Waals surface area contributed by atoms with E-state index in [1.165, 1.54) is 0 Å². The second-order valence-corrected chi connectivity index (χ2v) is 3.90. The third kappa shape index (κ3) is 4.95. The monoisotopic (exact) mass is 398 g/mol. The molecule has 10 heteroatoms. The van der Waals surface area contributed by atoms with Gasteiger partial charge in [0.05, 0.1) is 11.2 Å². The molecule has 2 aromatic rings. The molecule has 1 amide bonds. The number of halogens is 4. The fraction of sp³-hybridized carbons (Fsp3) is 0. The number of hydrogen-bond donors (Lipinski definition) is 2. The summed E-state index contributed by atoms with van der Waals surface area (Å²) in [4.78, 5) is 11.0. The number of nitrogens with zero attached hydrogens (tertiary/aromatic N) is 2. The van der Waals surface area contributed by atoms with Crippen LogP contribution in [-0.2, 0) is 0 Å². The van der Waals surface area contributed by atoms with Crippen LogP contribution >= 0.6 is 15.9 Å². The Hall–Kier alpha value is -0.288. The standard InChI is InChI=1S/C9H7BrN4O.Al.3ClH/c10-4-1-2-5-6(3-4)13-14-8(7(5)11)9(12)15;;;;/h1-3H,(H2,11,13)(H2,12,15);;3*1H/q;+3;;;/p-3. The number of nitrogens with two attached hydrogens (primary N) is 2. The van der Waals surface area contributed by atoms with Crippen molar-refractivity contribution in [3.8, 4) is 0 Å². The number of amides is 1. The van der Waals surface area contributed by atoms with Crippen molar-refractivity contribution in [3.05, 3.63) is 28.4 Å². The molecule has 0 saturated carbocycles. The maximum Gasteiger partial charge on any atom is 3.00 e. The Morgan fingerprint density at radius 2 is 1.74 bits per heavy atom. The summed E-state index contributed by atoms with van der Waals surface area (Å²) in [5.41, 5.74) is 11.7. The van der Waals surface area contributed by atoms with Crippen LogP contribution in [0.3, 0.4) is 0 Å². The van der Waals surface area contributed by atoms with E-state index in [0.717, 1.165) is 4.47 Å². The van der Waals surface area contributed by atoms with E-state index >= 15 is 0 Å². The number of anilines is 1. The first-order valence-corrected chi connectivity index (χ1v) is 4.90. The Bertz CT molecular complexity index is 572. The number of carbonyl (C=O) groups is 1. The number of fused-ring (bicyclic) bond motifs is 1. The second kappa shape index (κ2) is 9.59. The van der Waals surface area contributed by atoms with E-state index in [1.54, 1.807) is 12.1 Å². The predicted octanol–water partition coefficient (Wildman–Crippen LogP) is -8.30. The molecule has 5 nitrogen and oxygen atoms in total. The molecule has 0 atom stereocenters. The van der Waals surface area contributed by atoms with Crippen molar-refractivity contribution in [2.24, 2.45) is 5.73 Å². The Labute approximate surface area is 147 Å². The fourth-order valence-corrected chi connectivity index (χ4v) is 1.63. The van der Waals surface area contributed by atoms with E-state index in [-0.39, 0.29) is 66.0 Å². The summed E-state index contributed by atoms with van der Waals surface area (Å²) in [5.74, 6) is -0.676. The van der Waals surface area contributed by atoms with Crippen LogP contribution in [0.2, 0.25) is 0 Å². The number of rotatable bonds is 1. The average Bonchev–Trinajstić information content (AvgIpc) is 2.17. The quantitative estimate of drug-likeness (QED) is 0.465. The Kier molecular flexibility index (Phi) is 12.0. The van der Waals surface area contributed by atoms with Crippen molar-refractivity contribution in [1.82, 2.24) is 10.2 Å². The number of nitrogen functional groups attached to an aromatic ring is 1.